The number of piperazine rings is 1. The van der Waals surface area contributed by atoms with Gasteiger partial charge in [0.1, 0.15) is 5.84 Å². The predicted molar refractivity (Wildman–Crippen MR) is 45.8 cm³/mol. The molecular weight excluding hydrogens is 140 g/mol. The lowest BCUT2D eigenvalue weighted by Crippen LogP contribution is -2.56. The van der Waals surface area contributed by atoms with Gasteiger partial charge in [-0.05, 0) is 6.54 Å². The zero-order valence-corrected chi connectivity index (χ0v) is 6.93. The van der Waals surface area contributed by atoms with E-state index in [4.69, 9.17) is 11.1 Å². The molecule has 4 nitrogen and oxygen atoms in total. The fourth-order valence-electron chi connectivity index (χ4n) is 1.43. The molecule has 1 heterocycles. The van der Waals surface area contributed by atoms with Gasteiger partial charge in [-0.1, -0.05) is 6.92 Å². The van der Waals surface area contributed by atoms with Crippen LogP contribution in [-0.4, -0.2) is 43.0 Å². The molecular formula is C7H16N4. The van der Waals surface area contributed by atoms with E-state index in [9.17, 15) is 0 Å². The molecule has 4 N–H and O–H groups in total. The van der Waals surface area contributed by atoms with Crippen molar-refractivity contribution in [1.29, 1.82) is 5.41 Å². The molecule has 0 radical (unpaired) electrons. The molecule has 1 aliphatic heterocycles. The van der Waals surface area contributed by atoms with Crippen molar-refractivity contribution in [2.45, 2.75) is 13.0 Å². The number of rotatable bonds is 2. The molecule has 11 heavy (non-hydrogen) atoms. The summed E-state index contributed by atoms with van der Waals surface area (Å²) < 4.78 is 0. The van der Waals surface area contributed by atoms with E-state index in [-0.39, 0.29) is 11.9 Å². The van der Waals surface area contributed by atoms with Crippen LogP contribution < -0.4 is 11.1 Å². The van der Waals surface area contributed by atoms with Crippen molar-refractivity contribution >= 4 is 5.84 Å². The van der Waals surface area contributed by atoms with Crippen LogP contribution in [0.5, 0.6) is 0 Å². The van der Waals surface area contributed by atoms with Crippen LogP contribution in [0.3, 0.4) is 0 Å². The summed E-state index contributed by atoms with van der Waals surface area (Å²) in [6, 6.07) is 0.119. The molecule has 0 aromatic heterocycles. The average molecular weight is 156 g/mol. The van der Waals surface area contributed by atoms with Gasteiger partial charge < -0.3 is 11.1 Å². The second kappa shape index (κ2) is 3.69. The van der Waals surface area contributed by atoms with E-state index in [0.29, 0.717) is 0 Å². The minimum atomic E-state index is 0.119. The van der Waals surface area contributed by atoms with Gasteiger partial charge in [-0.3, -0.25) is 10.3 Å². The Bertz CT molecular complexity index is 145. The fraction of sp³-hybridized carbons (Fsp3) is 0.857. The Hall–Kier alpha value is -0.610. The van der Waals surface area contributed by atoms with E-state index in [0.717, 1.165) is 26.2 Å². The quantitative estimate of drug-likeness (QED) is 0.363. The van der Waals surface area contributed by atoms with Gasteiger partial charge in [0.15, 0.2) is 0 Å². The topological polar surface area (TPSA) is 65.1 Å². The Morgan fingerprint density at radius 2 is 2.55 bits per heavy atom. The van der Waals surface area contributed by atoms with Gasteiger partial charge in [0.25, 0.3) is 0 Å². The maximum absolute atomic E-state index is 7.32. The highest BCUT2D eigenvalue weighted by Gasteiger charge is 2.22. The third kappa shape index (κ3) is 1.91. The molecule has 1 aliphatic rings. The zero-order valence-electron chi connectivity index (χ0n) is 6.93. The van der Waals surface area contributed by atoms with Crippen molar-refractivity contribution in [1.82, 2.24) is 10.2 Å². The Balaban J connectivity index is 2.51. The van der Waals surface area contributed by atoms with Crippen molar-refractivity contribution in [3.05, 3.63) is 0 Å². The van der Waals surface area contributed by atoms with Gasteiger partial charge in [0, 0.05) is 19.6 Å². The summed E-state index contributed by atoms with van der Waals surface area (Å²) in [5, 5.41) is 10.5. The summed E-state index contributed by atoms with van der Waals surface area (Å²) in [5.41, 5.74) is 5.43. The number of hydrogen-bond donors (Lipinski definition) is 3. The summed E-state index contributed by atoms with van der Waals surface area (Å²) >= 11 is 0. The Morgan fingerprint density at radius 1 is 1.82 bits per heavy atom. The molecule has 0 aromatic carbocycles. The SMILES string of the molecule is CCN1CCNCC1C(=N)N. The van der Waals surface area contributed by atoms with Crippen LogP contribution in [0.2, 0.25) is 0 Å². The highest BCUT2D eigenvalue weighted by atomic mass is 15.2. The van der Waals surface area contributed by atoms with Crippen LogP contribution in [0.1, 0.15) is 6.92 Å². The monoisotopic (exact) mass is 156 g/mol. The highest BCUT2D eigenvalue weighted by Crippen LogP contribution is 2.01. The molecule has 1 unspecified atom stereocenters. The zero-order chi connectivity index (χ0) is 8.27. The molecule has 1 fully saturated rings. The molecule has 0 aliphatic carbocycles. The van der Waals surface area contributed by atoms with E-state index in [1.807, 2.05) is 0 Å². The molecule has 0 spiro atoms. The van der Waals surface area contributed by atoms with Crippen LogP contribution in [0.25, 0.3) is 0 Å². The van der Waals surface area contributed by atoms with E-state index >= 15 is 0 Å². The maximum atomic E-state index is 7.32. The first-order valence-electron chi connectivity index (χ1n) is 4.04. The number of nitrogens with two attached hydrogens (primary N) is 1. The Labute approximate surface area is 67.3 Å². The molecule has 0 bridgehead atoms. The summed E-state index contributed by atoms with van der Waals surface area (Å²) in [6.07, 6.45) is 0. The third-order valence-electron chi connectivity index (χ3n) is 2.12. The lowest BCUT2D eigenvalue weighted by Gasteiger charge is -2.34. The molecule has 1 saturated heterocycles. The van der Waals surface area contributed by atoms with Crippen molar-refractivity contribution in [2.24, 2.45) is 5.73 Å². The number of amidine groups is 1. The van der Waals surface area contributed by atoms with Gasteiger partial charge >= 0.3 is 0 Å². The van der Waals surface area contributed by atoms with Gasteiger partial charge in [-0.25, -0.2) is 0 Å². The van der Waals surface area contributed by atoms with Crippen molar-refractivity contribution in [2.75, 3.05) is 26.2 Å². The van der Waals surface area contributed by atoms with Crippen LogP contribution in [0.15, 0.2) is 0 Å². The number of likely N-dealkylation sites (N-methyl/N-ethyl adjacent to an activating group) is 1. The van der Waals surface area contributed by atoms with Crippen molar-refractivity contribution in [3.63, 3.8) is 0 Å². The number of hydrogen-bond acceptors (Lipinski definition) is 3. The standard InChI is InChI=1S/C7H16N4/c1-2-11-4-3-10-5-6(11)7(8)9/h6,10H,2-5H2,1H3,(H3,8,9). The number of nitrogens with one attached hydrogen (secondary N) is 2. The normalized spacial score (nSPS) is 26.8. The average Bonchev–Trinajstić information content (AvgIpc) is 2.04. The maximum Gasteiger partial charge on any atom is 0.110 e. The molecule has 0 aromatic rings. The first-order valence-corrected chi connectivity index (χ1v) is 4.04. The predicted octanol–water partition coefficient (Wildman–Crippen LogP) is -0.784. The smallest absolute Gasteiger partial charge is 0.110 e. The largest absolute Gasteiger partial charge is 0.386 e. The summed E-state index contributed by atoms with van der Waals surface area (Å²) in [4.78, 5) is 2.22. The van der Waals surface area contributed by atoms with E-state index in [1.54, 1.807) is 0 Å². The van der Waals surface area contributed by atoms with E-state index in [2.05, 4.69) is 17.1 Å². The Morgan fingerprint density at radius 3 is 3.00 bits per heavy atom. The molecule has 64 valence electrons. The number of nitrogens with zero attached hydrogens (tertiary/aromatic N) is 1. The molecule has 1 rings (SSSR count). The minimum absolute atomic E-state index is 0.119. The summed E-state index contributed by atoms with van der Waals surface area (Å²) in [5.74, 6) is 0.277. The minimum Gasteiger partial charge on any atom is -0.386 e. The highest BCUT2D eigenvalue weighted by molar-refractivity contribution is 5.83. The summed E-state index contributed by atoms with van der Waals surface area (Å²) in [6.45, 7) is 5.91. The van der Waals surface area contributed by atoms with Crippen molar-refractivity contribution < 1.29 is 0 Å². The lowest BCUT2D eigenvalue weighted by atomic mass is 10.2. The Kier molecular flexibility index (Phi) is 2.84. The molecule has 1 atom stereocenters. The fourth-order valence-corrected chi connectivity index (χ4v) is 1.43. The first-order chi connectivity index (χ1) is 5.25. The lowest BCUT2D eigenvalue weighted by molar-refractivity contribution is 0.214. The van der Waals surface area contributed by atoms with Gasteiger partial charge in [-0.15, -0.1) is 0 Å². The van der Waals surface area contributed by atoms with Crippen LogP contribution in [0, 0.1) is 5.41 Å². The van der Waals surface area contributed by atoms with E-state index < -0.39 is 0 Å². The van der Waals surface area contributed by atoms with Gasteiger partial charge in [0.05, 0.1) is 6.04 Å². The molecule has 4 heteroatoms. The second-order valence-electron chi connectivity index (χ2n) is 2.80. The summed E-state index contributed by atoms with van der Waals surface area (Å²) in [7, 11) is 0. The van der Waals surface area contributed by atoms with Gasteiger partial charge in [-0.2, -0.15) is 0 Å². The van der Waals surface area contributed by atoms with Gasteiger partial charge in [0.2, 0.25) is 0 Å². The van der Waals surface area contributed by atoms with Crippen LogP contribution in [0.4, 0.5) is 0 Å². The molecule has 0 saturated carbocycles. The van der Waals surface area contributed by atoms with Crippen LogP contribution in [-0.2, 0) is 0 Å². The first kappa shape index (κ1) is 8.49. The molecule has 0 amide bonds. The second-order valence-corrected chi connectivity index (χ2v) is 2.80. The third-order valence-corrected chi connectivity index (χ3v) is 2.12. The van der Waals surface area contributed by atoms with E-state index in [1.165, 1.54) is 0 Å². The van der Waals surface area contributed by atoms with Crippen molar-refractivity contribution in [3.8, 4) is 0 Å². The van der Waals surface area contributed by atoms with Crippen LogP contribution >= 0.6 is 0 Å².